The highest BCUT2D eigenvalue weighted by atomic mass is 35.5. The zero-order chi connectivity index (χ0) is 17.7. The number of amides is 1. The fourth-order valence-electron chi connectivity index (χ4n) is 1.64. The van der Waals surface area contributed by atoms with Gasteiger partial charge in [-0.15, -0.1) is 0 Å². The van der Waals surface area contributed by atoms with Gasteiger partial charge >= 0.3 is 5.00 Å². The monoisotopic (exact) mass is 367 g/mol. The van der Waals surface area contributed by atoms with E-state index in [2.05, 4.69) is 10.5 Å². The molecule has 1 aromatic carbocycles. The van der Waals surface area contributed by atoms with Crippen LogP contribution in [0.25, 0.3) is 0 Å². The fourth-order valence-corrected chi connectivity index (χ4v) is 2.46. The van der Waals surface area contributed by atoms with Crippen LogP contribution in [0.1, 0.15) is 18.7 Å². The summed E-state index contributed by atoms with van der Waals surface area (Å²) < 4.78 is 5.63. The normalized spacial score (nSPS) is 11.5. The van der Waals surface area contributed by atoms with Crippen molar-refractivity contribution in [1.29, 1.82) is 0 Å². The summed E-state index contributed by atoms with van der Waals surface area (Å²) in [6.07, 6.45) is 1.34. The number of nitrogens with zero attached hydrogens (tertiary/aromatic N) is 2. The molecule has 24 heavy (non-hydrogen) atoms. The Balaban J connectivity index is 1.95. The van der Waals surface area contributed by atoms with Crippen LogP contribution in [-0.4, -0.2) is 22.6 Å². The molecule has 0 spiro atoms. The summed E-state index contributed by atoms with van der Waals surface area (Å²) in [5, 5.41) is 15.0. The molecule has 0 fully saturated rings. The molecular formula is C15H14ClN3O4S. The number of hydrazone groups is 1. The van der Waals surface area contributed by atoms with E-state index >= 15 is 0 Å². The van der Waals surface area contributed by atoms with E-state index in [1.54, 1.807) is 44.2 Å². The maximum Gasteiger partial charge on any atom is 0.324 e. The zero-order valence-corrected chi connectivity index (χ0v) is 14.4. The second-order valence-corrected chi connectivity index (χ2v) is 6.73. The molecular weight excluding hydrogens is 354 g/mol. The van der Waals surface area contributed by atoms with E-state index in [0.717, 1.165) is 11.3 Å². The molecule has 9 heteroatoms. The van der Waals surface area contributed by atoms with Gasteiger partial charge in [0.25, 0.3) is 5.91 Å². The Kier molecular flexibility index (Phi) is 5.53. The van der Waals surface area contributed by atoms with E-state index in [1.165, 1.54) is 12.3 Å². The van der Waals surface area contributed by atoms with E-state index in [-0.39, 0.29) is 5.00 Å². The van der Waals surface area contributed by atoms with Crippen LogP contribution in [0.15, 0.2) is 41.5 Å². The van der Waals surface area contributed by atoms with Gasteiger partial charge in [0.2, 0.25) is 0 Å². The third-order valence-electron chi connectivity index (χ3n) is 2.88. The van der Waals surface area contributed by atoms with Crippen LogP contribution in [0.4, 0.5) is 5.00 Å². The van der Waals surface area contributed by atoms with Gasteiger partial charge in [-0.1, -0.05) is 22.9 Å². The summed E-state index contributed by atoms with van der Waals surface area (Å²) in [6, 6.07) is 9.56. The van der Waals surface area contributed by atoms with Crippen LogP contribution in [-0.2, 0) is 4.79 Å². The van der Waals surface area contributed by atoms with Gasteiger partial charge < -0.3 is 4.74 Å². The van der Waals surface area contributed by atoms with Crippen LogP contribution >= 0.6 is 22.9 Å². The van der Waals surface area contributed by atoms with E-state index in [1.807, 2.05) is 0 Å². The van der Waals surface area contributed by atoms with Crippen LogP contribution in [0, 0.1) is 10.1 Å². The van der Waals surface area contributed by atoms with Gasteiger partial charge in [-0.2, -0.15) is 5.10 Å². The number of hydrogen-bond donors (Lipinski definition) is 1. The molecule has 2 rings (SSSR count). The predicted octanol–water partition coefficient (Wildman–Crippen LogP) is 3.62. The van der Waals surface area contributed by atoms with Gasteiger partial charge in [0.05, 0.1) is 16.0 Å². The lowest BCUT2D eigenvalue weighted by molar-refractivity contribution is -0.380. The number of benzene rings is 1. The number of carbonyl (C=O) groups is 1. The average molecular weight is 368 g/mol. The first-order chi connectivity index (χ1) is 11.3. The molecule has 2 aromatic rings. The topological polar surface area (TPSA) is 93.8 Å². The highest BCUT2D eigenvalue weighted by Gasteiger charge is 2.29. The quantitative estimate of drug-likeness (QED) is 0.479. The summed E-state index contributed by atoms with van der Waals surface area (Å²) in [5.74, 6) is 0.0390. The number of nitro groups is 1. The number of carbonyl (C=O) groups excluding carboxylic acids is 1. The van der Waals surface area contributed by atoms with Crippen molar-refractivity contribution in [3.05, 3.63) is 56.4 Å². The summed E-state index contributed by atoms with van der Waals surface area (Å²) in [7, 11) is 0. The fraction of sp³-hybridized carbons (Fsp3) is 0.200. The Bertz CT molecular complexity index is 771. The molecule has 0 unspecified atom stereocenters. The lowest BCUT2D eigenvalue weighted by Crippen LogP contribution is -2.44. The lowest BCUT2D eigenvalue weighted by Gasteiger charge is -2.24. The van der Waals surface area contributed by atoms with Crippen molar-refractivity contribution < 1.29 is 14.5 Å². The Morgan fingerprint density at radius 3 is 2.58 bits per heavy atom. The third kappa shape index (κ3) is 4.77. The Hall–Kier alpha value is -2.45. The molecule has 1 aromatic heterocycles. The smallest absolute Gasteiger partial charge is 0.324 e. The molecule has 0 aliphatic rings. The summed E-state index contributed by atoms with van der Waals surface area (Å²) >= 11 is 6.76. The Morgan fingerprint density at radius 1 is 1.33 bits per heavy atom. The molecule has 7 nitrogen and oxygen atoms in total. The van der Waals surface area contributed by atoms with E-state index in [4.69, 9.17) is 16.3 Å². The van der Waals surface area contributed by atoms with Crippen molar-refractivity contribution in [2.45, 2.75) is 19.4 Å². The number of thiophene rings is 1. The first kappa shape index (κ1) is 17.9. The van der Waals surface area contributed by atoms with Crippen molar-refractivity contribution in [3.63, 3.8) is 0 Å². The standard InChI is InChI=1S/C15H14ClN3O4S/c1-15(2,23-11-5-3-10(16)4-6-11)14(20)18-17-9-12-7-8-13(24-12)19(21)22/h3-9H,1-2H3,(H,18,20)/b17-9+. The van der Waals surface area contributed by atoms with Gasteiger partial charge in [-0.05, 0) is 44.2 Å². The highest BCUT2D eigenvalue weighted by Crippen LogP contribution is 2.23. The first-order valence-electron chi connectivity index (χ1n) is 6.80. The largest absolute Gasteiger partial charge is 0.478 e. The summed E-state index contributed by atoms with van der Waals surface area (Å²) in [4.78, 5) is 22.8. The lowest BCUT2D eigenvalue weighted by atomic mass is 10.1. The van der Waals surface area contributed by atoms with Crippen molar-refractivity contribution in [1.82, 2.24) is 5.43 Å². The number of halogens is 1. The van der Waals surface area contributed by atoms with Crippen LogP contribution in [0.2, 0.25) is 5.02 Å². The molecule has 0 aliphatic carbocycles. The van der Waals surface area contributed by atoms with E-state index < -0.39 is 16.4 Å². The average Bonchev–Trinajstić information content (AvgIpc) is 2.98. The van der Waals surface area contributed by atoms with Gasteiger partial charge in [0.1, 0.15) is 5.75 Å². The molecule has 126 valence electrons. The molecule has 0 atom stereocenters. The minimum Gasteiger partial charge on any atom is -0.478 e. The number of nitrogens with one attached hydrogen (secondary N) is 1. The summed E-state index contributed by atoms with van der Waals surface area (Å²) in [6.45, 7) is 3.20. The number of hydrogen-bond acceptors (Lipinski definition) is 6. The molecule has 0 saturated heterocycles. The summed E-state index contributed by atoms with van der Waals surface area (Å²) in [5.41, 5.74) is 1.20. The van der Waals surface area contributed by atoms with Crippen LogP contribution in [0.3, 0.4) is 0 Å². The first-order valence-corrected chi connectivity index (χ1v) is 8.00. The Morgan fingerprint density at radius 2 is 2.00 bits per heavy atom. The predicted molar refractivity (Wildman–Crippen MR) is 92.9 cm³/mol. The molecule has 1 N–H and O–H groups in total. The number of rotatable bonds is 6. The third-order valence-corrected chi connectivity index (χ3v) is 4.11. The highest BCUT2D eigenvalue weighted by molar-refractivity contribution is 7.16. The second kappa shape index (κ2) is 7.41. The van der Waals surface area contributed by atoms with Gasteiger partial charge in [-0.3, -0.25) is 14.9 Å². The minimum atomic E-state index is -1.16. The van der Waals surface area contributed by atoms with E-state index in [9.17, 15) is 14.9 Å². The van der Waals surface area contributed by atoms with Gasteiger partial charge in [-0.25, -0.2) is 5.43 Å². The molecule has 1 amide bonds. The molecule has 0 saturated carbocycles. The van der Waals surface area contributed by atoms with Crippen molar-refractivity contribution in [2.24, 2.45) is 5.10 Å². The molecule has 0 aliphatic heterocycles. The Labute approximate surface area is 147 Å². The van der Waals surface area contributed by atoms with Crippen molar-refractivity contribution >= 4 is 40.1 Å². The molecule has 0 radical (unpaired) electrons. The van der Waals surface area contributed by atoms with Gasteiger partial charge in [0.15, 0.2) is 5.60 Å². The SMILES string of the molecule is CC(C)(Oc1ccc(Cl)cc1)C(=O)N/N=C/c1ccc([N+](=O)[O-])s1. The van der Waals surface area contributed by atoms with Crippen molar-refractivity contribution in [2.75, 3.05) is 0 Å². The van der Waals surface area contributed by atoms with Crippen LogP contribution in [0.5, 0.6) is 5.75 Å². The van der Waals surface area contributed by atoms with Gasteiger partial charge in [0, 0.05) is 11.1 Å². The van der Waals surface area contributed by atoms with Crippen molar-refractivity contribution in [3.8, 4) is 5.75 Å². The molecule has 0 bridgehead atoms. The van der Waals surface area contributed by atoms with E-state index in [0.29, 0.717) is 15.6 Å². The maximum absolute atomic E-state index is 12.2. The van der Waals surface area contributed by atoms with Crippen LogP contribution < -0.4 is 10.2 Å². The zero-order valence-electron chi connectivity index (χ0n) is 12.9. The maximum atomic E-state index is 12.2. The second-order valence-electron chi connectivity index (χ2n) is 5.20. The minimum absolute atomic E-state index is 0.00850. The number of ether oxygens (including phenoxy) is 1. The molecule has 1 heterocycles.